The topological polar surface area (TPSA) is 139 Å². The Morgan fingerprint density at radius 2 is 1.84 bits per heavy atom. The summed E-state index contributed by atoms with van der Waals surface area (Å²) in [5, 5.41) is 20.9. The SMILES string of the molecule is CC#CCn1c(N(C)CC(C)N)nc2c1c(=O)n(Cc1cc(C#N)c3ccccc3c1C#N)c(=O)n2C. The van der Waals surface area contributed by atoms with Crippen LogP contribution in [-0.2, 0) is 20.1 Å². The Balaban J connectivity index is 2.00. The van der Waals surface area contributed by atoms with Crippen molar-refractivity contribution in [3.8, 4) is 24.0 Å². The molecule has 2 aromatic heterocycles. The van der Waals surface area contributed by atoms with E-state index >= 15 is 0 Å². The zero-order valence-corrected chi connectivity index (χ0v) is 21.1. The fourth-order valence-electron chi connectivity index (χ4n) is 4.57. The molecule has 2 aromatic carbocycles. The van der Waals surface area contributed by atoms with Crippen molar-refractivity contribution in [3.05, 3.63) is 67.9 Å². The molecule has 0 spiro atoms. The number of imidazole rings is 1. The normalized spacial score (nSPS) is 11.5. The van der Waals surface area contributed by atoms with Gasteiger partial charge in [0.25, 0.3) is 5.56 Å². The van der Waals surface area contributed by atoms with Gasteiger partial charge in [-0.25, -0.2) is 4.79 Å². The quantitative estimate of drug-likeness (QED) is 0.402. The summed E-state index contributed by atoms with van der Waals surface area (Å²) in [4.78, 5) is 33.6. The Labute approximate surface area is 213 Å². The first-order chi connectivity index (χ1) is 17.7. The predicted molar refractivity (Wildman–Crippen MR) is 142 cm³/mol. The highest BCUT2D eigenvalue weighted by molar-refractivity contribution is 5.93. The lowest BCUT2D eigenvalue weighted by molar-refractivity contribution is 0.653. The van der Waals surface area contributed by atoms with Crippen molar-refractivity contribution in [2.24, 2.45) is 12.8 Å². The minimum Gasteiger partial charge on any atom is -0.344 e. The van der Waals surface area contributed by atoms with Crippen LogP contribution >= 0.6 is 0 Å². The third-order valence-corrected chi connectivity index (χ3v) is 6.22. The van der Waals surface area contributed by atoms with Gasteiger partial charge < -0.3 is 10.6 Å². The van der Waals surface area contributed by atoms with E-state index in [1.165, 1.54) is 4.57 Å². The number of likely N-dealkylation sites (N-methyl/N-ethyl adjacent to an activating group) is 1. The van der Waals surface area contributed by atoms with Crippen molar-refractivity contribution >= 4 is 27.9 Å². The summed E-state index contributed by atoms with van der Waals surface area (Å²) >= 11 is 0. The molecule has 0 saturated carbocycles. The molecule has 2 heterocycles. The number of hydrogen-bond acceptors (Lipinski definition) is 7. The Bertz CT molecular complexity index is 1800. The van der Waals surface area contributed by atoms with Crippen LogP contribution in [0.4, 0.5) is 5.95 Å². The minimum absolute atomic E-state index is 0.150. The summed E-state index contributed by atoms with van der Waals surface area (Å²) in [5.41, 5.74) is 6.37. The third kappa shape index (κ3) is 4.33. The predicted octanol–water partition coefficient (Wildman–Crippen LogP) is 1.65. The summed E-state index contributed by atoms with van der Waals surface area (Å²) in [6, 6.07) is 12.8. The number of aryl methyl sites for hydroxylation is 1. The third-order valence-electron chi connectivity index (χ3n) is 6.22. The highest BCUT2D eigenvalue weighted by Gasteiger charge is 2.23. The van der Waals surface area contributed by atoms with Crippen molar-refractivity contribution in [1.82, 2.24) is 18.7 Å². The largest absolute Gasteiger partial charge is 0.344 e. The standard InChI is InChI=1S/C27H26N8O2/c1-5-6-11-34-23-24(31-26(34)32(3)15-17(2)30)33(4)27(37)35(25(23)36)16-19-12-18(13-28)20-9-7-8-10-21(20)22(19)14-29/h7-10,12,17H,11,15-16,30H2,1-4H3. The number of anilines is 1. The van der Waals surface area contributed by atoms with Crippen LogP contribution < -0.4 is 21.9 Å². The average molecular weight is 495 g/mol. The van der Waals surface area contributed by atoms with Crippen LogP contribution in [0.5, 0.6) is 0 Å². The molecule has 0 amide bonds. The molecule has 37 heavy (non-hydrogen) atoms. The lowest BCUT2D eigenvalue weighted by Crippen LogP contribution is -2.40. The Morgan fingerprint density at radius 3 is 2.46 bits per heavy atom. The van der Waals surface area contributed by atoms with Gasteiger partial charge >= 0.3 is 5.69 Å². The Kier molecular flexibility index (Phi) is 6.84. The molecule has 4 rings (SSSR count). The van der Waals surface area contributed by atoms with Gasteiger partial charge in [0, 0.05) is 37.5 Å². The average Bonchev–Trinajstić information content (AvgIpc) is 3.27. The number of nitrogens with two attached hydrogens (primary N) is 1. The molecule has 0 saturated heterocycles. The summed E-state index contributed by atoms with van der Waals surface area (Å²) < 4.78 is 4.06. The lowest BCUT2D eigenvalue weighted by Gasteiger charge is -2.20. The van der Waals surface area contributed by atoms with Crippen molar-refractivity contribution in [2.45, 2.75) is 33.0 Å². The van der Waals surface area contributed by atoms with E-state index in [0.29, 0.717) is 40.0 Å². The molecular formula is C27H26N8O2. The van der Waals surface area contributed by atoms with E-state index in [2.05, 4.69) is 29.0 Å². The second kappa shape index (κ2) is 10.0. The monoisotopic (exact) mass is 494 g/mol. The fraction of sp³-hybridized carbons (Fsp3) is 0.296. The van der Waals surface area contributed by atoms with E-state index in [4.69, 9.17) is 5.73 Å². The van der Waals surface area contributed by atoms with Crippen molar-refractivity contribution in [2.75, 3.05) is 18.5 Å². The van der Waals surface area contributed by atoms with Gasteiger partial charge in [0.2, 0.25) is 5.95 Å². The van der Waals surface area contributed by atoms with Gasteiger partial charge in [0.15, 0.2) is 11.2 Å². The molecule has 4 aromatic rings. The van der Waals surface area contributed by atoms with Crippen molar-refractivity contribution in [1.29, 1.82) is 10.5 Å². The van der Waals surface area contributed by atoms with Gasteiger partial charge in [-0.05, 0) is 25.5 Å². The van der Waals surface area contributed by atoms with Gasteiger partial charge in [0.05, 0.1) is 30.3 Å². The highest BCUT2D eigenvalue weighted by Crippen LogP contribution is 2.26. The fourth-order valence-corrected chi connectivity index (χ4v) is 4.57. The summed E-state index contributed by atoms with van der Waals surface area (Å²) in [6.45, 7) is 4.06. The van der Waals surface area contributed by atoms with E-state index in [0.717, 1.165) is 4.57 Å². The second-order valence-corrected chi connectivity index (χ2v) is 8.92. The number of aromatic nitrogens is 4. The van der Waals surface area contributed by atoms with Gasteiger partial charge in [-0.3, -0.25) is 18.5 Å². The van der Waals surface area contributed by atoms with Gasteiger partial charge in [-0.15, -0.1) is 5.92 Å². The number of hydrogen-bond donors (Lipinski definition) is 1. The smallest absolute Gasteiger partial charge is 0.332 e. The maximum atomic E-state index is 13.8. The molecule has 2 N–H and O–H groups in total. The van der Waals surface area contributed by atoms with E-state index in [-0.39, 0.29) is 30.3 Å². The number of nitrogens with zero attached hydrogens (tertiary/aromatic N) is 7. The molecule has 0 bridgehead atoms. The molecular weight excluding hydrogens is 468 g/mol. The molecule has 0 aliphatic heterocycles. The van der Waals surface area contributed by atoms with Crippen molar-refractivity contribution in [3.63, 3.8) is 0 Å². The van der Waals surface area contributed by atoms with Gasteiger partial charge in [-0.1, -0.05) is 30.2 Å². The number of rotatable bonds is 6. The number of nitriles is 2. The molecule has 0 aliphatic carbocycles. The van der Waals surface area contributed by atoms with Gasteiger partial charge in [0.1, 0.15) is 6.07 Å². The highest BCUT2D eigenvalue weighted by atomic mass is 16.2. The molecule has 0 radical (unpaired) electrons. The Morgan fingerprint density at radius 1 is 1.14 bits per heavy atom. The molecule has 186 valence electrons. The van der Waals surface area contributed by atoms with Crippen LogP contribution in [0.1, 0.15) is 30.5 Å². The van der Waals surface area contributed by atoms with E-state index in [1.54, 1.807) is 48.9 Å². The molecule has 10 nitrogen and oxygen atoms in total. The molecule has 0 aliphatic rings. The zero-order chi connectivity index (χ0) is 26.9. The van der Waals surface area contributed by atoms with Crippen LogP contribution in [0.25, 0.3) is 21.9 Å². The molecule has 1 atom stereocenters. The lowest BCUT2D eigenvalue weighted by atomic mass is 9.95. The molecule has 1 unspecified atom stereocenters. The minimum atomic E-state index is -0.583. The summed E-state index contributed by atoms with van der Waals surface area (Å²) in [6.07, 6.45) is 0. The van der Waals surface area contributed by atoms with E-state index < -0.39 is 11.2 Å². The van der Waals surface area contributed by atoms with Crippen LogP contribution in [0, 0.1) is 34.5 Å². The number of benzene rings is 2. The van der Waals surface area contributed by atoms with E-state index in [9.17, 15) is 20.1 Å². The Hall–Kier alpha value is -4.85. The number of fused-ring (bicyclic) bond motifs is 2. The first-order valence-corrected chi connectivity index (χ1v) is 11.6. The maximum Gasteiger partial charge on any atom is 0.332 e. The summed E-state index contributed by atoms with van der Waals surface area (Å²) in [7, 11) is 3.36. The molecule has 0 fully saturated rings. The second-order valence-electron chi connectivity index (χ2n) is 8.92. The van der Waals surface area contributed by atoms with Crippen LogP contribution in [0.15, 0.2) is 39.9 Å². The van der Waals surface area contributed by atoms with Crippen LogP contribution in [0.2, 0.25) is 0 Å². The van der Waals surface area contributed by atoms with Gasteiger partial charge in [-0.2, -0.15) is 15.5 Å². The first kappa shape index (κ1) is 25.2. The van der Waals surface area contributed by atoms with Crippen LogP contribution in [0.3, 0.4) is 0 Å². The van der Waals surface area contributed by atoms with Crippen molar-refractivity contribution < 1.29 is 0 Å². The van der Waals surface area contributed by atoms with Crippen LogP contribution in [-0.4, -0.2) is 38.3 Å². The maximum absolute atomic E-state index is 13.8. The zero-order valence-electron chi connectivity index (χ0n) is 21.1. The molecule has 10 heteroatoms. The first-order valence-electron chi connectivity index (χ1n) is 11.6. The summed E-state index contributed by atoms with van der Waals surface area (Å²) in [5.74, 6) is 6.28. The van der Waals surface area contributed by atoms with E-state index in [1.807, 2.05) is 18.9 Å².